The van der Waals surface area contributed by atoms with Gasteiger partial charge < -0.3 is 10.3 Å². The second-order valence-corrected chi connectivity index (χ2v) is 4.98. The molecule has 1 aromatic heterocycles. The van der Waals surface area contributed by atoms with E-state index in [-0.39, 0.29) is 0 Å². The number of nitrogens with zero attached hydrogens (tertiary/aromatic N) is 3. The molecule has 1 atom stereocenters. The molecule has 2 N–H and O–H groups in total. The van der Waals surface area contributed by atoms with Crippen LogP contribution in [0.15, 0.2) is 36.7 Å². The molecule has 0 fully saturated rings. The molecular formula is C14H15N5. The average Bonchev–Trinajstić information content (AvgIpc) is 2.88. The topological polar surface area (TPSA) is 53.1 Å². The molecule has 1 unspecified atom stereocenters. The summed E-state index contributed by atoms with van der Waals surface area (Å²) in [6, 6.07) is 10.9. The summed E-state index contributed by atoms with van der Waals surface area (Å²) in [6.45, 7) is 1.91. The summed E-state index contributed by atoms with van der Waals surface area (Å²) >= 11 is 0. The van der Waals surface area contributed by atoms with Gasteiger partial charge in [0.2, 0.25) is 0 Å². The summed E-state index contributed by atoms with van der Waals surface area (Å²) in [5, 5.41) is 0. The van der Waals surface area contributed by atoms with Gasteiger partial charge in [-0.25, -0.2) is 15.4 Å². The van der Waals surface area contributed by atoms with Crippen LogP contribution in [-0.2, 0) is 6.54 Å². The van der Waals surface area contributed by atoms with Crippen LogP contribution in [0.25, 0.3) is 0 Å². The van der Waals surface area contributed by atoms with Crippen molar-refractivity contribution in [1.29, 1.82) is 0 Å². The SMILES string of the molecule is c1ccc(CN2CCC3NNc4ncnc2c43)cc1. The van der Waals surface area contributed by atoms with Crippen molar-refractivity contribution in [3.8, 4) is 0 Å². The molecule has 0 spiro atoms. The maximum absolute atomic E-state index is 4.48. The zero-order valence-electron chi connectivity index (χ0n) is 10.5. The van der Waals surface area contributed by atoms with E-state index in [1.54, 1.807) is 6.33 Å². The Kier molecular flexibility index (Phi) is 2.38. The number of hydrogen-bond donors (Lipinski definition) is 2. The lowest BCUT2D eigenvalue weighted by Gasteiger charge is -2.31. The Morgan fingerprint density at radius 1 is 1.21 bits per heavy atom. The molecule has 2 aliphatic heterocycles. The number of nitrogens with one attached hydrogen (secondary N) is 2. The van der Waals surface area contributed by atoms with Gasteiger partial charge in [-0.3, -0.25) is 0 Å². The number of hydrogen-bond acceptors (Lipinski definition) is 5. The fourth-order valence-electron chi connectivity index (χ4n) is 2.85. The van der Waals surface area contributed by atoms with Crippen LogP contribution >= 0.6 is 0 Å². The maximum Gasteiger partial charge on any atom is 0.150 e. The van der Waals surface area contributed by atoms with E-state index in [4.69, 9.17) is 0 Å². The van der Waals surface area contributed by atoms with Gasteiger partial charge in [0.05, 0.1) is 11.6 Å². The summed E-state index contributed by atoms with van der Waals surface area (Å²) in [5.74, 6) is 1.98. The first-order chi connectivity index (χ1) is 9.42. The van der Waals surface area contributed by atoms with Gasteiger partial charge in [-0.2, -0.15) is 0 Å². The van der Waals surface area contributed by atoms with E-state index >= 15 is 0 Å². The van der Waals surface area contributed by atoms with Crippen LogP contribution in [0.5, 0.6) is 0 Å². The minimum Gasteiger partial charge on any atom is -0.352 e. The quantitative estimate of drug-likeness (QED) is 0.855. The second-order valence-electron chi connectivity index (χ2n) is 4.98. The molecule has 1 aromatic carbocycles. The van der Waals surface area contributed by atoms with Crippen molar-refractivity contribution in [3.05, 3.63) is 47.8 Å². The molecular weight excluding hydrogens is 238 g/mol. The third kappa shape index (κ3) is 1.74. The molecule has 0 bridgehead atoms. The summed E-state index contributed by atoms with van der Waals surface area (Å²) in [5.41, 5.74) is 8.93. The second kappa shape index (κ2) is 4.20. The molecule has 0 amide bonds. The van der Waals surface area contributed by atoms with Crippen molar-refractivity contribution in [2.75, 3.05) is 16.9 Å². The lowest BCUT2D eigenvalue weighted by Crippen LogP contribution is -2.33. The molecule has 3 heterocycles. The summed E-state index contributed by atoms with van der Waals surface area (Å²) in [4.78, 5) is 11.1. The molecule has 0 radical (unpaired) electrons. The highest BCUT2D eigenvalue weighted by Gasteiger charge is 2.33. The van der Waals surface area contributed by atoms with E-state index in [1.165, 1.54) is 11.1 Å². The molecule has 5 nitrogen and oxygen atoms in total. The highest BCUT2D eigenvalue weighted by atomic mass is 15.4. The van der Waals surface area contributed by atoms with Crippen LogP contribution in [0.1, 0.15) is 23.6 Å². The first kappa shape index (κ1) is 10.8. The number of benzene rings is 1. The van der Waals surface area contributed by atoms with Crippen molar-refractivity contribution in [3.63, 3.8) is 0 Å². The third-order valence-electron chi connectivity index (χ3n) is 3.78. The summed E-state index contributed by atoms with van der Waals surface area (Å²) < 4.78 is 0. The van der Waals surface area contributed by atoms with E-state index in [9.17, 15) is 0 Å². The van der Waals surface area contributed by atoms with Crippen molar-refractivity contribution in [1.82, 2.24) is 15.4 Å². The Morgan fingerprint density at radius 3 is 3.00 bits per heavy atom. The minimum absolute atomic E-state index is 0.346. The van der Waals surface area contributed by atoms with Crippen LogP contribution in [0.4, 0.5) is 11.6 Å². The maximum atomic E-state index is 4.48. The van der Waals surface area contributed by atoms with Crippen molar-refractivity contribution in [2.45, 2.75) is 19.0 Å². The molecule has 0 aliphatic carbocycles. The monoisotopic (exact) mass is 253 g/mol. The Labute approximate surface area is 111 Å². The fourth-order valence-corrected chi connectivity index (χ4v) is 2.85. The van der Waals surface area contributed by atoms with Gasteiger partial charge in [0, 0.05) is 13.1 Å². The number of rotatable bonds is 2. The van der Waals surface area contributed by atoms with E-state index in [1.807, 2.05) is 6.07 Å². The number of aromatic nitrogens is 2. The predicted molar refractivity (Wildman–Crippen MR) is 73.6 cm³/mol. The standard InChI is InChI=1S/C14H15N5/c1-2-4-10(5-3-1)8-19-7-6-11-12-13(18-17-11)15-9-16-14(12)19/h1-5,9,11,17H,6-8H2,(H,15,16,18). The highest BCUT2D eigenvalue weighted by molar-refractivity contribution is 5.64. The molecule has 0 saturated heterocycles. The van der Waals surface area contributed by atoms with Gasteiger partial charge in [-0.15, -0.1) is 0 Å². The van der Waals surface area contributed by atoms with Gasteiger partial charge in [0.25, 0.3) is 0 Å². The fraction of sp³-hybridized carbons (Fsp3) is 0.286. The zero-order valence-corrected chi connectivity index (χ0v) is 10.5. The van der Waals surface area contributed by atoms with Crippen molar-refractivity contribution in [2.24, 2.45) is 0 Å². The average molecular weight is 253 g/mol. The van der Waals surface area contributed by atoms with Crippen LogP contribution < -0.4 is 15.8 Å². The number of anilines is 2. The minimum atomic E-state index is 0.346. The third-order valence-corrected chi connectivity index (χ3v) is 3.78. The van der Waals surface area contributed by atoms with Gasteiger partial charge in [0.15, 0.2) is 5.82 Å². The summed E-state index contributed by atoms with van der Waals surface area (Å²) in [7, 11) is 0. The summed E-state index contributed by atoms with van der Waals surface area (Å²) in [6.07, 6.45) is 2.71. The number of hydrazine groups is 1. The zero-order chi connectivity index (χ0) is 12.7. The molecule has 96 valence electrons. The van der Waals surface area contributed by atoms with Crippen LogP contribution in [0.3, 0.4) is 0 Å². The first-order valence-electron chi connectivity index (χ1n) is 6.57. The van der Waals surface area contributed by atoms with E-state index in [2.05, 4.69) is 50.0 Å². The smallest absolute Gasteiger partial charge is 0.150 e. The van der Waals surface area contributed by atoms with E-state index in [0.717, 1.165) is 31.1 Å². The molecule has 19 heavy (non-hydrogen) atoms. The van der Waals surface area contributed by atoms with Gasteiger partial charge in [-0.05, 0) is 12.0 Å². The van der Waals surface area contributed by atoms with Crippen LogP contribution in [0, 0.1) is 0 Å². The van der Waals surface area contributed by atoms with E-state index < -0.39 is 0 Å². The van der Waals surface area contributed by atoms with Gasteiger partial charge in [-0.1, -0.05) is 30.3 Å². The first-order valence-corrected chi connectivity index (χ1v) is 6.57. The molecule has 0 saturated carbocycles. The van der Waals surface area contributed by atoms with Crippen LogP contribution in [0.2, 0.25) is 0 Å². The Balaban J connectivity index is 1.70. The Bertz CT molecular complexity index is 598. The lowest BCUT2D eigenvalue weighted by atomic mass is 10.0. The largest absolute Gasteiger partial charge is 0.352 e. The van der Waals surface area contributed by atoms with E-state index in [0.29, 0.717) is 6.04 Å². The van der Waals surface area contributed by atoms with Gasteiger partial charge >= 0.3 is 0 Å². The molecule has 4 rings (SSSR count). The van der Waals surface area contributed by atoms with Crippen molar-refractivity contribution < 1.29 is 0 Å². The predicted octanol–water partition coefficient (Wildman–Crippen LogP) is 1.86. The highest BCUT2D eigenvalue weighted by Crippen LogP contribution is 2.39. The molecule has 2 aliphatic rings. The lowest BCUT2D eigenvalue weighted by molar-refractivity contribution is 0.533. The van der Waals surface area contributed by atoms with Crippen LogP contribution in [-0.4, -0.2) is 16.5 Å². The molecule has 5 heteroatoms. The Morgan fingerprint density at radius 2 is 2.11 bits per heavy atom. The van der Waals surface area contributed by atoms with Gasteiger partial charge in [0.1, 0.15) is 12.1 Å². The molecule has 2 aromatic rings. The van der Waals surface area contributed by atoms with Crippen molar-refractivity contribution >= 4 is 11.6 Å². The normalized spacial score (nSPS) is 20.0. The Hall–Kier alpha value is -2.14.